The molecule has 2 fully saturated rings. The normalized spacial score (nSPS) is 50.6. The molecule has 0 aromatic heterocycles. The summed E-state index contributed by atoms with van der Waals surface area (Å²) in [5.41, 5.74) is 1.73. The van der Waals surface area contributed by atoms with Crippen molar-refractivity contribution < 1.29 is 0 Å². The van der Waals surface area contributed by atoms with E-state index in [-0.39, 0.29) is 0 Å². The highest BCUT2D eigenvalue weighted by Crippen LogP contribution is 2.57. The third kappa shape index (κ3) is 0.787. The Morgan fingerprint density at radius 3 is 2.83 bits per heavy atom. The predicted molar refractivity (Wildman–Crippen MR) is 50.8 cm³/mol. The Morgan fingerprint density at radius 2 is 2.00 bits per heavy atom. The highest BCUT2D eigenvalue weighted by Gasteiger charge is 2.48. The molecule has 0 amide bonds. The first-order valence-corrected chi connectivity index (χ1v) is 5.53. The molecule has 4 atom stereocenters. The topological polar surface area (TPSA) is 0 Å². The molecule has 0 spiro atoms. The predicted octanol–water partition coefficient (Wildman–Crippen LogP) is 3.39. The zero-order chi connectivity index (χ0) is 8.13. The van der Waals surface area contributed by atoms with Gasteiger partial charge in [0.2, 0.25) is 0 Å². The lowest BCUT2D eigenvalue weighted by Gasteiger charge is -2.34. The van der Waals surface area contributed by atoms with Gasteiger partial charge in [0.05, 0.1) is 0 Å². The van der Waals surface area contributed by atoms with E-state index in [0.717, 1.165) is 23.7 Å². The maximum atomic E-state index is 2.50. The van der Waals surface area contributed by atoms with Gasteiger partial charge in [-0.15, -0.1) is 0 Å². The molecule has 0 aromatic rings. The van der Waals surface area contributed by atoms with E-state index in [4.69, 9.17) is 0 Å². The Labute approximate surface area is 75.0 Å². The van der Waals surface area contributed by atoms with Crippen molar-refractivity contribution in [3.8, 4) is 0 Å². The number of hydrogen-bond donors (Lipinski definition) is 0. The maximum absolute atomic E-state index is 2.50. The molecule has 66 valence electrons. The van der Waals surface area contributed by atoms with Crippen LogP contribution in [0.4, 0.5) is 0 Å². The van der Waals surface area contributed by atoms with Gasteiger partial charge in [-0.1, -0.05) is 11.6 Å². The van der Waals surface area contributed by atoms with Crippen LogP contribution in [0.1, 0.15) is 39.0 Å². The Balaban J connectivity index is 1.95. The molecule has 4 unspecified atom stereocenters. The van der Waals surface area contributed by atoms with Gasteiger partial charge in [0.1, 0.15) is 0 Å². The van der Waals surface area contributed by atoms with Crippen molar-refractivity contribution in [1.82, 2.24) is 0 Å². The van der Waals surface area contributed by atoms with Crippen molar-refractivity contribution in [3.05, 3.63) is 11.6 Å². The SMILES string of the molecule is CC1=CCCC2C3CCC(C3)C12. The third-order valence-electron chi connectivity index (χ3n) is 4.58. The Hall–Kier alpha value is -0.260. The summed E-state index contributed by atoms with van der Waals surface area (Å²) in [5.74, 6) is 4.35. The average Bonchev–Trinajstić information content (AvgIpc) is 2.64. The van der Waals surface area contributed by atoms with Gasteiger partial charge in [0, 0.05) is 0 Å². The molecule has 0 heteroatoms. The van der Waals surface area contributed by atoms with Gasteiger partial charge in [0.15, 0.2) is 0 Å². The van der Waals surface area contributed by atoms with E-state index in [1.54, 1.807) is 18.4 Å². The summed E-state index contributed by atoms with van der Waals surface area (Å²) in [4.78, 5) is 0. The van der Waals surface area contributed by atoms with E-state index in [9.17, 15) is 0 Å². The minimum Gasteiger partial charge on any atom is -0.0853 e. The lowest BCUT2D eigenvalue weighted by molar-refractivity contribution is 0.230. The van der Waals surface area contributed by atoms with E-state index >= 15 is 0 Å². The number of hydrogen-bond acceptors (Lipinski definition) is 0. The van der Waals surface area contributed by atoms with E-state index in [0.29, 0.717) is 0 Å². The highest BCUT2D eigenvalue weighted by atomic mass is 14.5. The second-order valence-corrected chi connectivity index (χ2v) is 5.05. The summed E-state index contributed by atoms with van der Waals surface area (Å²) in [6.07, 6.45) is 10.0. The number of rotatable bonds is 0. The van der Waals surface area contributed by atoms with Crippen molar-refractivity contribution in [2.24, 2.45) is 23.7 Å². The molecule has 0 saturated heterocycles. The molecule has 0 aromatic carbocycles. The van der Waals surface area contributed by atoms with Crippen molar-refractivity contribution >= 4 is 0 Å². The van der Waals surface area contributed by atoms with Crippen LogP contribution < -0.4 is 0 Å². The van der Waals surface area contributed by atoms with Crippen LogP contribution >= 0.6 is 0 Å². The molecule has 0 N–H and O–H groups in total. The molecule has 3 aliphatic carbocycles. The first-order chi connectivity index (χ1) is 5.86. The fourth-order valence-electron chi connectivity index (χ4n) is 4.17. The Kier molecular flexibility index (Phi) is 1.42. The van der Waals surface area contributed by atoms with Crippen LogP contribution in [0.5, 0.6) is 0 Å². The smallest absolute Gasteiger partial charge is 0.0146 e. The summed E-state index contributed by atoms with van der Waals surface area (Å²) in [6, 6.07) is 0. The molecule has 0 heterocycles. The molecule has 0 nitrogen and oxygen atoms in total. The average molecular weight is 162 g/mol. The van der Waals surface area contributed by atoms with Crippen molar-refractivity contribution in [2.75, 3.05) is 0 Å². The van der Waals surface area contributed by atoms with Crippen LogP contribution in [0, 0.1) is 23.7 Å². The highest BCUT2D eigenvalue weighted by molar-refractivity contribution is 5.16. The lowest BCUT2D eigenvalue weighted by Crippen LogP contribution is -2.25. The lowest BCUT2D eigenvalue weighted by atomic mass is 9.71. The number of fused-ring (bicyclic) bond motifs is 5. The molecule has 12 heavy (non-hydrogen) atoms. The van der Waals surface area contributed by atoms with Gasteiger partial charge in [-0.2, -0.15) is 0 Å². The van der Waals surface area contributed by atoms with E-state index in [1.165, 1.54) is 19.3 Å². The van der Waals surface area contributed by atoms with Crippen LogP contribution in [0.2, 0.25) is 0 Å². The molecule has 2 bridgehead atoms. The van der Waals surface area contributed by atoms with Crippen LogP contribution in [0.3, 0.4) is 0 Å². The molecule has 3 rings (SSSR count). The second-order valence-electron chi connectivity index (χ2n) is 5.05. The second kappa shape index (κ2) is 2.37. The fourth-order valence-corrected chi connectivity index (χ4v) is 4.17. The van der Waals surface area contributed by atoms with Gasteiger partial charge in [-0.25, -0.2) is 0 Å². The zero-order valence-electron chi connectivity index (χ0n) is 7.92. The summed E-state index contributed by atoms with van der Waals surface area (Å²) in [5, 5.41) is 0. The summed E-state index contributed by atoms with van der Waals surface area (Å²) in [7, 11) is 0. The summed E-state index contributed by atoms with van der Waals surface area (Å²) >= 11 is 0. The van der Waals surface area contributed by atoms with Crippen LogP contribution in [0.25, 0.3) is 0 Å². The molecular weight excluding hydrogens is 144 g/mol. The summed E-state index contributed by atoms with van der Waals surface area (Å²) in [6.45, 7) is 2.37. The maximum Gasteiger partial charge on any atom is -0.0146 e. The molecule has 3 aliphatic rings. The minimum absolute atomic E-state index is 1.03. The van der Waals surface area contributed by atoms with E-state index < -0.39 is 0 Å². The van der Waals surface area contributed by atoms with E-state index in [2.05, 4.69) is 13.0 Å². The van der Waals surface area contributed by atoms with Crippen molar-refractivity contribution in [3.63, 3.8) is 0 Å². The Bertz CT molecular complexity index is 226. The van der Waals surface area contributed by atoms with Crippen molar-refractivity contribution in [2.45, 2.75) is 39.0 Å². The minimum atomic E-state index is 1.03. The van der Waals surface area contributed by atoms with Crippen LogP contribution in [-0.2, 0) is 0 Å². The standard InChI is InChI=1S/C12H18/c1-8-3-2-4-11-9-5-6-10(7-9)12(8)11/h3,9-12H,2,4-7H2,1H3. The molecule has 0 aliphatic heterocycles. The largest absolute Gasteiger partial charge is 0.0853 e. The quantitative estimate of drug-likeness (QED) is 0.479. The van der Waals surface area contributed by atoms with Gasteiger partial charge < -0.3 is 0 Å². The fraction of sp³-hybridized carbons (Fsp3) is 0.833. The first-order valence-electron chi connectivity index (χ1n) is 5.53. The molecule has 2 saturated carbocycles. The monoisotopic (exact) mass is 162 g/mol. The summed E-state index contributed by atoms with van der Waals surface area (Å²) < 4.78 is 0. The van der Waals surface area contributed by atoms with Crippen molar-refractivity contribution in [1.29, 1.82) is 0 Å². The van der Waals surface area contributed by atoms with E-state index in [1.807, 2.05) is 0 Å². The van der Waals surface area contributed by atoms with Gasteiger partial charge in [0.25, 0.3) is 0 Å². The van der Waals surface area contributed by atoms with Crippen LogP contribution in [-0.4, -0.2) is 0 Å². The van der Waals surface area contributed by atoms with Gasteiger partial charge in [-0.3, -0.25) is 0 Å². The first kappa shape index (κ1) is 7.17. The van der Waals surface area contributed by atoms with Gasteiger partial charge in [-0.05, 0) is 62.7 Å². The molecule has 0 radical (unpaired) electrons. The number of allylic oxidation sites excluding steroid dienone is 2. The Morgan fingerprint density at radius 1 is 1.17 bits per heavy atom. The third-order valence-corrected chi connectivity index (χ3v) is 4.58. The van der Waals surface area contributed by atoms with Gasteiger partial charge >= 0.3 is 0 Å². The molecular formula is C12H18. The van der Waals surface area contributed by atoms with Crippen LogP contribution in [0.15, 0.2) is 11.6 Å². The zero-order valence-corrected chi connectivity index (χ0v) is 7.92.